The van der Waals surface area contributed by atoms with E-state index in [0.717, 1.165) is 30.8 Å². The van der Waals surface area contributed by atoms with Crippen molar-refractivity contribution in [1.29, 1.82) is 0 Å². The lowest BCUT2D eigenvalue weighted by molar-refractivity contribution is 0.0881. The van der Waals surface area contributed by atoms with E-state index in [1.807, 2.05) is 48.5 Å². The van der Waals surface area contributed by atoms with Gasteiger partial charge in [-0.3, -0.25) is 14.5 Å². The Bertz CT molecular complexity index is 834. The molecular formula is C22H27N3O2. The maximum absolute atomic E-state index is 12.7. The fraction of sp³-hybridized carbons (Fsp3) is 0.364. The van der Waals surface area contributed by atoms with Crippen molar-refractivity contribution in [3.63, 3.8) is 0 Å². The second kappa shape index (κ2) is 8.46. The Hall–Kier alpha value is -2.50. The number of hydrogen-bond donors (Lipinski definition) is 1. The van der Waals surface area contributed by atoms with E-state index in [9.17, 15) is 9.59 Å². The molecule has 3 rings (SSSR count). The van der Waals surface area contributed by atoms with E-state index in [0.29, 0.717) is 23.7 Å². The number of carbonyl (C=O) groups is 2. The number of amides is 1. The van der Waals surface area contributed by atoms with Crippen molar-refractivity contribution in [2.45, 2.75) is 13.0 Å². The number of carbonyl (C=O) groups excluding carboxylic acids is 2. The minimum absolute atomic E-state index is 0.0184. The van der Waals surface area contributed by atoms with Gasteiger partial charge in [-0.05, 0) is 44.3 Å². The summed E-state index contributed by atoms with van der Waals surface area (Å²) in [7, 11) is 4.21. The molecule has 1 saturated heterocycles. The Morgan fingerprint density at radius 2 is 1.85 bits per heavy atom. The molecule has 0 radical (unpaired) electrons. The molecule has 2 aromatic rings. The third-order valence-electron chi connectivity index (χ3n) is 5.22. The molecule has 0 spiro atoms. The average Bonchev–Trinajstić information content (AvgIpc) is 2.68. The largest absolute Gasteiger partial charge is 0.350 e. The van der Waals surface area contributed by atoms with Gasteiger partial charge in [0.05, 0.1) is 0 Å². The van der Waals surface area contributed by atoms with Gasteiger partial charge in [-0.2, -0.15) is 0 Å². The first kappa shape index (κ1) is 19.3. The number of nitrogens with one attached hydrogen (secondary N) is 1. The van der Waals surface area contributed by atoms with E-state index in [1.54, 1.807) is 6.92 Å². The first-order chi connectivity index (χ1) is 13.0. The van der Waals surface area contributed by atoms with Gasteiger partial charge in [0.1, 0.15) is 0 Å². The molecule has 1 heterocycles. The van der Waals surface area contributed by atoms with Crippen LogP contribution in [0, 0.1) is 0 Å². The maximum atomic E-state index is 12.7. The van der Waals surface area contributed by atoms with E-state index < -0.39 is 0 Å². The molecule has 0 aliphatic carbocycles. The van der Waals surface area contributed by atoms with Crippen molar-refractivity contribution in [2.75, 3.05) is 40.3 Å². The SMILES string of the molecule is CC(=O)c1ccccc1-c1cccc(C(=O)NC[C@@H]2CN(C)CCN2C)c1. The van der Waals surface area contributed by atoms with Gasteiger partial charge in [0.2, 0.25) is 0 Å². The zero-order chi connectivity index (χ0) is 19.4. The van der Waals surface area contributed by atoms with Crippen LogP contribution in [0.1, 0.15) is 27.6 Å². The summed E-state index contributed by atoms with van der Waals surface area (Å²) in [6, 6.07) is 15.3. The molecule has 1 fully saturated rings. The molecule has 0 saturated carbocycles. The predicted octanol–water partition coefficient (Wildman–Crippen LogP) is 2.53. The summed E-state index contributed by atoms with van der Waals surface area (Å²) in [5.41, 5.74) is 3.01. The van der Waals surface area contributed by atoms with Crippen molar-refractivity contribution in [3.8, 4) is 11.1 Å². The van der Waals surface area contributed by atoms with Crippen molar-refractivity contribution in [1.82, 2.24) is 15.1 Å². The van der Waals surface area contributed by atoms with Crippen LogP contribution >= 0.6 is 0 Å². The van der Waals surface area contributed by atoms with Gasteiger partial charge in [0.25, 0.3) is 5.91 Å². The van der Waals surface area contributed by atoms with Gasteiger partial charge in [0, 0.05) is 43.3 Å². The number of hydrogen-bond acceptors (Lipinski definition) is 4. The van der Waals surface area contributed by atoms with Crippen LogP contribution in [0.25, 0.3) is 11.1 Å². The zero-order valence-corrected chi connectivity index (χ0v) is 16.2. The highest BCUT2D eigenvalue weighted by molar-refractivity contribution is 6.02. The molecule has 1 amide bonds. The summed E-state index contributed by atoms with van der Waals surface area (Å²) >= 11 is 0. The van der Waals surface area contributed by atoms with Crippen LogP contribution in [-0.2, 0) is 0 Å². The molecule has 0 bridgehead atoms. The Labute approximate surface area is 161 Å². The van der Waals surface area contributed by atoms with E-state index >= 15 is 0 Å². The van der Waals surface area contributed by atoms with Gasteiger partial charge in [0.15, 0.2) is 5.78 Å². The first-order valence-corrected chi connectivity index (χ1v) is 9.33. The lowest BCUT2D eigenvalue weighted by Gasteiger charge is -2.37. The minimum atomic E-state index is -0.0845. The molecule has 0 aromatic heterocycles. The summed E-state index contributed by atoms with van der Waals surface area (Å²) in [6.07, 6.45) is 0. The molecule has 1 N–H and O–H groups in total. The summed E-state index contributed by atoms with van der Waals surface area (Å²) < 4.78 is 0. The van der Waals surface area contributed by atoms with E-state index in [4.69, 9.17) is 0 Å². The van der Waals surface area contributed by atoms with Crippen LogP contribution in [0.5, 0.6) is 0 Å². The molecule has 5 nitrogen and oxygen atoms in total. The Morgan fingerprint density at radius 3 is 2.63 bits per heavy atom. The van der Waals surface area contributed by atoms with Crippen molar-refractivity contribution in [2.24, 2.45) is 0 Å². The van der Waals surface area contributed by atoms with Crippen LogP contribution in [0.4, 0.5) is 0 Å². The van der Waals surface area contributed by atoms with Crippen LogP contribution < -0.4 is 5.32 Å². The molecule has 1 aliphatic heterocycles. The van der Waals surface area contributed by atoms with Crippen LogP contribution in [0.15, 0.2) is 48.5 Å². The Balaban J connectivity index is 1.74. The molecule has 1 aliphatic rings. The fourth-order valence-electron chi connectivity index (χ4n) is 3.50. The highest BCUT2D eigenvalue weighted by Gasteiger charge is 2.22. The Kier molecular flexibility index (Phi) is 6.04. The predicted molar refractivity (Wildman–Crippen MR) is 108 cm³/mol. The summed E-state index contributed by atoms with van der Waals surface area (Å²) in [4.78, 5) is 29.2. The second-order valence-corrected chi connectivity index (χ2v) is 7.29. The maximum Gasteiger partial charge on any atom is 0.251 e. The molecule has 142 valence electrons. The van der Waals surface area contributed by atoms with Crippen molar-refractivity contribution >= 4 is 11.7 Å². The monoisotopic (exact) mass is 365 g/mol. The molecule has 1 atom stereocenters. The quantitative estimate of drug-likeness (QED) is 0.828. The van der Waals surface area contributed by atoms with Crippen LogP contribution in [0.2, 0.25) is 0 Å². The first-order valence-electron chi connectivity index (χ1n) is 9.33. The number of rotatable bonds is 5. The molecular weight excluding hydrogens is 338 g/mol. The third kappa shape index (κ3) is 4.62. The third-order valence-corrected chi connectivity index (χ3v) is 5.22. The number of ketones is 1. The van der Waals surface area contributed by atoms with Crippen LogP contribution in [0.3, 0.4) is 0 Å². The highest BCUT2D eigenvalue weighted by Crippen LogP contribution is 2.25. The number of nitrogens with zero attached hydrogens (tertiary/aromatic N) is 2. The highest BCUT2D eigenvalue weighted by atomic mass is 16.1. The molecule has 0 unspecified atom stereocenters. The van der Waals surface area contributed by atoms with Crippen LogP contribution in [-0.4, -0.2) is 67.8 Å². The molecule has 5 heteroatoms. The van der Waals surface area contributed by atoms with E-state index in [2.05, 4.69) is 29.2 Å². The van der Waals surface area contributed by atoms with Gasteiger partial charge >= 0.3 is 0 Å². The van der Waals surface area contributed by atoms with Gasteiger partial charge in [-0.15, -0.1) is 0 Å². The Morgan fingerprint density at radius 1 is 1.07 bits per heavy atom. The lowest BCUT2D eigenvalue weighted by Crippen LogP contribution is -2.54. The number of benzene rings is 2. The van der Waals surface area contributed by atoms with Gasteiger partial charge in [-0.25, -0.2) is 0 Å². The van der Waals surface area contributed by atoms with E-state index in [1.165, 1.54) is 0 Å². The second-order valence-electron chi connectivity index (χ2n) is 7.29. The zero-order valence-electron chi connectivity index (χ0n) is 16.2. The summed E-state index contributed by atoms with van der Waals surface area (Å²) in [5, 5.41) is 3.06. The van der Waals surface area contributed by atoms with Crippen molar-refractivity contribution < 1.29 is 9.59 Å². The normalized spacial score (nSPS) is 18.3. The van der Waals surface area contributed by atoms with Gasteiger partial charge in [-0.1, -0.05) is 36.4 Å². The van der Waals surface area contributed by atoms with Crippen molar-refractivity contribution in [3.05, 3.63) is 59.7 Å². The number of likely N-dealkylation sites (N-methyl/N-ethyl adjacent to an activating group) is 2. The average molecular weight is 365 g/mol. The standard InChI is InChI=1S/C22H27N3O2/c1-16(26)20-9-4-5-10-21(20)17-7-6-8-18(13-17)22(27)23-14-19-15-24(2)11-12-25(19)3/h4-10,13,19H,11-12,14-15H2,1-3H3,(H,23,27)/t19-/m1/s1. The molecule has 27 heavy (non-hydrogen) atoms. The smallest absolute Gasteiger partial charge is 0.251 e. The van der Waals surface area contributed by atoms with E-state index in [-0.39, 0.29) is 11.7 Å². The topological polar surface area (TPSA) is 52.7 Å². The lowest BCUT2D eigenvalue weighted by atomic mass is 9.96. The number of piperazine rings is 1. The molecule has 2 aromatic carbocycles. The fourth-order valence-corrected chi connectivity index (χ4v) is 3.50. The summed E-state index contributed by atoms with van der Waals surface area (Å²) in [5.74, 6) is -0.0660. The minimum Gasteiger partial charge on any atom is -0.350 e. The summed E-state index contributed by atoms with van der Waals surface area (Å²) in [6.45, 7) is 5.19. The van der Waals surface area contributed by atoms with Gasteiger partial charge < -0.3 is 10.2 Å². The number of Topliss-reactive ketones (excluding diaryl/α,β-unsaturated/α-hetero) is 1.